The standard InChI is InChI=1S/C13H27N/c1-4-5-6-7-8-9-10-11-12-13(2,3)14/h7-8H,4-6,9-12,14H2,1-3H3/b8-7+. The van der Waals surface area contributed by atoms with Crippen LogP contribution >= 0.6 is 0 Å². The number of unbranched alkanes of at least 4 members (excludes halogenated alkanes) is 4. The molecule has 1 heteroatoms. The van der Waals surface area contributed by atoms with Crippen molar-refractivity contribution in [3.8, 4) is 0 Å². The fourth-order valence-corrected chi connectivity index (χ4v) is 1.40. The molecular weight excluding hydrogens is 170 g/mol. The molecule has 0 spiro atoms. The fourth-order valence-electron chi connectivity index (χ4n) is 1.40. The Morgan fingerprint density at radius 3 is 2.07 bits per heavy atom. The van der Waals surface area contributed by atoms with Gasteiger partial charge in [-0.25, -0.2) is 0 Å². The zero-order valence-electron chi connectivity index (χ0n) is 10.2. The lowest BCUT2D eigenvalue weighted by Crippen LogP contribution is -2.31. The first kappa shape index (κ1) is 13.7. The van der Waals surface area contributed by atoms with E-state index in [0.717, 1.165) is 6.42 Å². The number of nitrogens with two attached hydrogens (primary N) is 1. The van der Waals surface area contributed by atoms with Crippen molar-refractivity contribution in [2.45, 2.75) is 71.3 Å². The van der Waals surface area contributed by atoms with E-state index in [0.29, 0.717) is 0 Å². The molecule has 0 aromatic rings. The van der Waals surface area contributed by atoms with Gasteiger partial charge in [0.25, 0.3) is 0 Å². The van der Waals surface area contributed by atoms with Crippen LogP contribution < -0.4 is 5.73 Å². The Bertz CT molecular complexity index is 142. The van der Waals surface area contributed by atoms with Crippen LogP contribution in [0.4, 0.5) is 0 Å². The molecule has 1 nitrogen and oxygen atoms in total. The summed E-state index contributed by atoms with van der Waals surface area (Å²) in [5.41, 5.74) is 5.92. The second-order valence-electron chi connectivity index (χ2n) is 4.85. The first-order valence-corrected chi connectivity index (χ1v) is 6.00. The molecule has 0 atom stereocenters. The van der Waals surface area contributed by atoms with E-state index < -0.39 is 0 Å². The maximum atomic E-state index is 5.90. The molecule has 0 radical (unpaired) electrons. The van der Waals surface area contributed by atoms with Crippen LogP contribution in [0.2, 0.25) is 0 Å². The average Bonchev–Trinajstić information content (AvgIpc) is 2.08. The average molecular weight is 197 g/mol. The highest BCUT2D eigenvalue weighted by Crippen LogP contribution is 2.10. The predicted octanol–water partition coefficient (Wildman–Crippen LogP) is 4.03. The predicted molar refractivity (Wildman–Crippen MR) is 65.4 cm³/mol. The smallest absolute Gasteiger partial charge is 0.00970 e. The summed E-state index contributed by atoms with van der Waals surface area (Å²) in [5.74, 6) is 0. The third-order valence-electron chi connectivity index (χ3n) is 2.33. The highest BCUT2D eigenvalue weighted by atomic mass is 14.7. The number of hydrogen-bond donors (Lipinski definition) is 1. The third-order valence-corrected chi connectivity index (χ3v) is 2.33. The van der Waals surface area contributed by atoms with Crippen molar-refractivity contribution < 1.29 is 0 Å². The minimum atomic E-state index is 0.0198. The Labute approximate surface area is 89.8 Å². The normalized spacial score (nSPS) is 12.6. The molecule has 0 saturated heterocycles. The molecule has 2 N–H and O–H groups in total. The molecule has 0 amide bonds. The van der Waals surface area contributed by atoms with Gasteiger partial charge in [-0.1, -0.05) is 38.3 Å². The molecule has 0 aliphatic carbocycles. The molecule has 0 aromatic heterocycles. The van der Waals surface area contributed by atoms with E-state index in [1.165, 1.54) is 38.5 Å². The topological polar surface area (TPSA) is 26.0 Å². The summed E-state index contributed by atoms with van der Waals surface area (Å²) in [6.07, 6.45) is 13.4. The van der Waals surface area contributed by atoms with Crippen molar-refractivity contribution in [1.29, 1.82) is 0 Å². The van der Waals surface area contributed by atoms with Gasteiger partial charge in [-0.05, 0) is 39.5 Å². The Hall–Kier alpha value is -0.300. The number of hydrogen-bond acceptors (Lipinski definition) is 1. The summed E-state index contributed by atoms with van der Waals surface area (Å²) in [7, 11) is 0. The Morgan fingerprint density at radius 1 is 1.00 bits per heavy atom. The number of rotatable bonds is 8. The first-order valence-electron chi connectivity index (χ1n) is 6.00. The molecule has 0 aliphatic rings. The molecule has 0 fully saturated rings. The fraction of sp³-hybridized carbons (Fsp3) is 0.846. The van der Waals surface area contributed by atoms with Gasteiger partial charge in [0.05, 0.1) is 0 Å². The Morgan fingerprint density at radius 2 is 1.57 bits per heavy atom. The summed E-state index contributed by atoms with van der Waals surface area (Å²) < 4.78 is 0. The summed E-state index contributed by atoms with van der Waals surface area (Å²) in [5, 5.41) is 0. The van der Waals surface area contributed by atoms with Crippen molar-refractivity contribution in [3.63, 3.8) is 0 Å². The zero-order chi connectivity index (χ0) is 10.9. The summed E-state index contributed by atoms with van der Waals surface area (Å²) in [6.45, 7) is 6.44. The molecule has 84 valence electrons. The first-order chi connectivity index (χ1) is 6.56. The van der Waals surface area contributed by atoms with Crippen LogP contribution in [-0.4, -0.2) is 5.54 Å². The highest BCUT2D eigenvalue weighted by Gasteiger charge is 2.08. The molecular formula is C13H27N. The second-order valence-corrected chi connectivity index (χ2v) is 4.85. The van der Waals surface area contributed by atoms with E-state index in [2.05, 4.69) is 32.9 Å². The molecule has 0 saturated carbocycles. The van der Waals surface area contributed by atoms with Gasteiger partial charge < -0.3 is 5.73 Å². The molecule has 0 aromatic carbocycles. The van der Waals surface area contributed by atoms with Crippen LogP contribution in [-0.2, 0) is 0 Å². The van der Waals surface area contributed by atoms with Crippen LogP contribution in [0.25, 0.3) is 0 Å². The highest BCUT2D eigenvalue weighted by molar-refractivity contribution is 4.81. The maximum Gasteiger partial charge on any atom is 0.00970 e. The van der Waals surface area contributed by atoms with Gasteiger partial charge in [-0.2, -0.15) is 0 Å². The van der Waals surface area contributed by atoms with E-state index in [9.17, 15) is 0 Å². The largest absolute Gasteiger partial charge is 0.326 e. The molecule has 0 rings (SSSR count). The van der Waals surface area contributed by atoms with Crippen LogP contribution in [0, 0.1) is 0 Å². The van der Waals surface area contributed by atoms with Crippen molar-refractivity contribution in [2.24, 2.45) is 5.73 Å². The van der Waals surface area contributed by atoms with Gasteiger partial charge in [0.1, 0.15) is 0 Å². The molecule has 0 unspecified atom stereocenters. The van der Waals surface area contributed by atoms with E-state index in [4.69, 9.17) is 5.73 Å². The molecule has 0 heterocycles. The maximum absolute atomic E-state index is 5.90. The quantitative estimate of drug-likeness (QED) is 0.461. The Kier molecular flexibility index (Phi) is 7.87. The lowest BCUT2D eigenvalue weighted by molar-refractivity contribution is 0.451. The van der Waals surface area contributed by atoms with Gasteiger partial charge in [0.15, 0.2) is 0 Å². The van der Waals surface area contributed by atoms with E-state index >= 15 is 0 Å². The SMILES string of the molecule is CCCC/C=C/CCCCC(C)(C)N. The van der Waals surface area contributed by atoms with Crippen molar-refractivity contribution in [2.75, 3.05) is 0 Å². The van der Waals surface area contributed by atoms with E-state index in [1.54, 1.807) is 0 Å². The summed E-state index contributed by atoms with van der Waals surface area (Å²) in [4.78, 5) is 0. The minimum absolute atomic E-state index is 0.0198. The van der Waals surface area contributed by atoms with E-state index in [1.807, 2.05) is 0 Å². The lowest BCUT2D eigenvalue weighted by atomic mass is 9.98. The van der Waals surface area contributed by atoms with Crippen molar-refractivity contribution >= 4 is 0 Å². The van der Waals surface area contributed by atoms with Crippen molar-refractivity contribution in [3.05, 3.63) is 12.2 Å². The summed E-state index contributed by atoms with van der Waals surface area (Å²) in [6, 6.07) is 0. The molecule has 0 bridgehead atoms. The zero-order valence-corrected chi connectivity index (χ0v) is 10.2. The number of allylic oxidation sites excluding steroid dienone is 2. The van der Waals surface area contributed by atoms with Gasteiger partial charge >= 0.3 is 0 Å². The lowest BCUT2D eigenvalue weighted by Gasteiger charge is -2.17. The second kappa shape index (κ2) is 8.05. The van der Waals surface area contributed by atoms with Gasteiger partial charge in [0.2, 0.25) is 0 Å². The van der Waals surface area contributed by atoms with Crippen LogP contribution in [0.15, 0.2) is 12.2 Å². The van der Waals surface area contributed by atoms with Crippen molar-refractivity contribution in [1.82, 2.24) is 0 Å². The molecule has 0 aliphatic heterocycles. The Balaban J connectivity index is 3.17. The van der Waals surface area contributed by atoms with Gasteiger partial charge in [0, 0.05) is 5.54 Å². The van der Waals surface area contributed by atoms with Crippen LogP contribution in [0.3, 0.4) is 0 Å². The van der Waals surface area contributed by atoms with E-state index in [-0.39, 0.29) is 5.54 Å². The van der Waals surface area contributed by atoms with Gasteiger partial charge in [-0.15, -0.1) is 0 Å². The monoisotopic (exact) mass is 197 g/mol. The molecule has 14 heavy (non-hydrogen) atoms. The van der Waals surface area contributed by atoms with Crippen LogP contribution in [0.1, 0.15) is 65.7 Å². The minimum Gasteiger partial charge on any atom is -0.326 e. The summed E-state index contributed by atoms with van der Waals surface area (Å²) >= 11 is 0. The van der Waals surface area contributed by atoms with Crippen LogP contribution in [0.5, 0.6) is 0 Å². The van der Waals surface area contributed by atoms with Gasteiger partial charge in [-0.3, -0.25) is 0 Å². The third kappa shape index (κ3) is 11.7.